The molecular formula is C13H14F3NO4S. The molecule has 1 fully saturated rings. The first-order valence-electron chi connectivity index (χ1n) is 6.45. The van der Waals surface area contributed by atoms with Crippen LogP contribution in [-0.2, 0) is 14.8 Å². The van der Waals surface area contributed by atoms with Gasteiger partial charge in [-0.25, -0.2) is 8.42 Å². The molecule has 5 nitrogen and oxygen atoms in total. The van der Waals surface area contributed by atoms with E-state index in [9.17, 15) is 26.4 Å². The molecule has 1 N–H and O–H groups in total. The summed E-state index contributed by atoms with van der Waals surface area (Å²) in [6, 6.07) is 1.21. The van der Waals surface area contributed by atoms with Crippen molar-refractivity contribution in [2.45, 2.75) is 42.9 Å². The molecule has 0 amide bonds. The largest absolute Gasteiger partial charge is 0.480 e. The molecule has 0 spiro atoms. The Hall–Kier alpha value is -1.61. The SMILES string of the molecule is Cc1ccc(S(=O)(=O)N2C(C(=O)O)CCC2C(F)(F)F)cc1. The lowest BCUT2D eigenvalue weighted by atomic mass is 10.2. The van der Waals surface area contributed by atoms with Crippen molar-refractivity contribution >= 4 is 16.0 Å². The highest BCUT2D eigenvalue weighted by molar-refractivity contribution is 7.89. The quantitative estimate of drug-likeness (QED) is 0.917. The highest BCUT2D eigenvalue weighted by Crippen LogP contribution is 2.39. The van der Waals surface area contributed by atoms with Gasteiger partial charge >= 0.3 is 12.1 Å². The van der Waals surface area contributed by atoms with E-state index >= 15 is 0 Å². The van der Waals surface area contributed by atoms with Crippen LogP contribution < -0.4 is 0 Å². The van der Waals surface area contributed by atoms with Crippen LogP contribution in [0, 0.1) is 6.92 Å². The second-order valence-electron chi connectivity index (χ2n) is 5.14. The lowest BCUT2D eigenvalue weighted by Gasteiger charge is -2.28. The van der Waals surface area contributed by atoms with Gasteiger partial charge in [-0.2, -0.15) is 17.5 Å². The summed E-state index contributed by atoms with van der Waals surface area (Å²) in [5, 5.41) is 9.05. The van der Waals surface area contributed by atoms with E-state index in [0.717, 1.165) is 5.56 Å². The number of hydrogen-bond donors (Lipinski definition) is 1. The molecule has 22 heavy (non-hydrogen) atoms. The standard InChI is InChI=1S/C13H14F3NO4S/c1-8-2-4-9(5-3-8)22(20,21)17-10(12(18)19)6-7-11(17)13(14,15)16/h2-5,10-11H,6-7H2,1H3,(H,18,19). The third-order valence-electron chi connectivity index (χ3n) is 3.59. The Bertz CT molecular complexity index is 670. The molecule has 2 atom stereocenters. The van der Waals surface area contributed by atoms with Crippen molar-refractivity contribution in [1.29, 1.82) is 0 Å². The van der Waals surface area contributed by atoms with Gasteiger partial charge in [-0.3, -0.25) is 4.79 Å². The zero-order chi connectivity index (χ0) is 16.7. The molecule has 1 saturated heterocycles. The Labute approximate surface area is 125 Å². The summed E-state index contributed by atoms with van der Waals surface area (Å²) in [5.41, 5.74) is 0.738. The molecule has 0 aliphatic carbocycles. The van der Waals surface area contributed by atoms with E-state index in [4.69, 9.17) is 5.11 Å². The lowest BCUT2D eigenvalue weighted by molar-refractivity contribution is -0.169. The van der Waals surface area contributed by atoms with Crippen LogP contribution in [0.25, 0.3) is 0 Å². The third kappa shape index (κ3) is 2.95. The smallest absolute Gasteiger partial charge is 0.405 e. The fourth-order valence-electron chi connectivity index (χ4n) is 2.49. The number of aryl methyl sites for hydroxylation is 1. The van der Waals surface area contributed by atoms with Crippen molar-refractivity contribution in [1.82, 2.24) is 4.31 Å². The fraction of sp³-hybridized carbons (Fsp3) is 0.462. The highest BCUT2D eigenvalue weighted by atomic mass is 32.2. The summed E-state index contributed by atoms with van der Waals surface area (Å²) in [4.78, 5) is 10.8. The Kier molecular flexibility index (Phi) is 4.22. The van der Waals surface area contributed by atoms with Gasteiger partial charge in [0.05, 0.1) is 4.90 Å². The van der Waals surface area contributed by atoms with Crippen molar-refractivity contribution in [3.8, 4) is 0 Å². The number of halogens is 3. The number of carboxylic acids is 1. The second kappa shape index (κ2) is 5.54. The molecule has 0 radical (unpaired) electrons. The Morgan fingerprint density at radius 1 is 1.23 bits per heavy atom. The van der Waals surface area contributed by atoms with E-state index in [1.807, 2.05) is 0 Å². The fourth-order valence-corrected chi connectivity index (χ4v) is 4.31. The van der Waals surface area contributed by atoms with Crippen molar-refractivity contribution in [3.63, 3.8) is 0 Å². The lowest BCUT2D eigenvalue weighted by Crippen LogP contribution is -2.50. The second-order valence-corrected chi connectivity index (χ2v) is 6.98. The van der Waals surface area contributed by atoms with Crippen LogP contribution in [0.5, 0.6) is 0 Å². The molecule has 0 aromatic heterocycles. The maximum Gasteiger partial charge on any atom is 0.405 e. The number of carbonyl (C=O) groups is 1. The summed E-state index contributed by atoms with van der Waals surface area (Å²) in [6.07, 6.45) is -5.75. The van der Waals surface area contributed by atoms with Gasteiger partial charge in [-0.1, -0.05) is 17.7 Å². The molecule has 1 aromatic rings. The minimum Gasteiger partial charge on any atom is -0.480 e. The molecule has 1 aromatic carbocycles. The Morgan fingerprint density at radius 3 is 2.23 bits per heavy atom. The molecule has 0 bridgehead atoms. The van der Waals surface area contributed by atoms with Crippen molar-refractivity contribution < 1.29 is 31.5 Å². The molecule has 1 heterocycles. The summed E-state index contributed by atoms with van der Waals surface area (Å²) >= 11 is 0. The highest BCUT2D eigenvalue weighted by Gasteiger charge is 2.56. The predicted octanol–water partition coefficient (Wildman–Crippen LogP) is 2.16. The number of rotatable bonds is 3. The van der Waals surface area contributed by atoms with E-state index in [-0.39, 0.29) is 15.6 Å². The number of carboxylic acid groups (broad SMARTS) is 1. The van der Waals surface area contributed by atoms with Gasteiger partial charge in [0.25, 0.3) is 0 Å². The first-order chi connectivity index (χ1) is 10.0. The van der Waals surface area contributed by atoms with E-state index < -0.39 is 40.7 Å². The number of alkyl halides is 3. The van der Waals surface area contributed by atoms with Crippen molar-refractivity contribution in [2.24, 2.45) is 0 Å². The zero-order valence-corrected chi connectivity index (χ0v) is 12.4. The number of aliphatic carboxylic acids is 1. The third-order valence-corrected chi connectivity index (χ3v) is 5.52. The van der Waals surface area contributed by atoms with Crippen LogP contribution in [0.1, 0.15) is 18.4 Å². The van der Waals surface area contributed by atoms with Crippen molar-refractivity contribution in [3.05, 3.63) is 29.8 Å². The zero-order valence-electron chi connectivity index (χ0n) is 11.5. The van der Waals surface area contributed by atoms with Gasteiger partial charge in [0.15, 0.2) is 0 Å². The number of benzene rings is 1. The van der Waals surface area contributed by atoms with Crippen LogP contribution in [0.15, 0.2) is 29.2 Å². The van der Waals surface area contributed by atoms with Gasteiger partial charge < -0.3 is 5.11 Å². The molecule has 1 aliphatic rings. The average Bonchev–Trinajstić information content (AvgIpc) is 2.84. The van der Waals surface area contributed by atoms with Crippen LogP contribution in [0.3, 0.4) is 0 Å². The number of nitrogens with zero attached hydrogens (tertiary/aromatic N) is 1. The molecule has 2 rings (SSSR count). The first kappa shape index (κ1) is 16.8. The van der Waals surface area contributed by atoms with E-state index in [0.29, 0.717) is 0 Å². The maximum absolute atomic E-state index is 13.1. The number of hydrogen-bond acceptors (Lipinski definition) is 3. The molecular weight excluding hydrogens is 323 g/mol. The summed E-state index contributed by atoms with van der Waals surface area (Å²) in [6.45, 7) is 1.70. The van der Waals surface area contributed by atoms with Crippen LogP contribution in [-0.4, -0.2) is 42.1 Å². The van der Waals surface area contributed by atoms with E-state index in [1.165, 1.54) is 24.3 Å². The maximum atomic E-state index is 13.1. The Balaban J connectivity index is 2.51. The monoisotopic (exact) mass is 337 g/mol. The van der Waals surface area contributed by atoms with Gasteiger partial charge in [0.2, 0.25) is 10.0 Å². The molecule has 122 valence electrons. The number of sulfonamides is 1. The minimum atomic E-state index is -4.82. The summed E-state index contributed by atoms with van der Waals surface area (Å²) in [5.74, 6) is -1.58. The Morgan fingerprint density at radius 2 is 1.77 bits per heavy atom. The minimum absolute atomic E-state index is 0.0833. The molecule has 0 saturated carbocycles. The topological polar surface area (TPSA) is 74.7 Å². The molecule has 2 unspecified atom stereocenters. The summed E-state index contributed by atoms with van der Waals surface area (Å²) in [7, 11) is -4.55. The average molecular weight is 337 g/mol. The molecule has 9 heteroatoms. The first-order valence-corrected chi connectivity index (χ1v) is 7.89. The van der Waals surface area contributed by atoms with Crippen LogP contribution in [0.2, 0.25) is 0 Å². The van der Waals surface area contributed by atoms with Gasteiger partial charge in [0.1, 0.15) is 12.1 Å². The normalized spacial score (nSPS) is 23.6. The van der Waals surface area contributed by atoms with Crippen molar-refractivity contribution in [2.75, 3.05) is 0 Å². The van der Waals surface area contributed by atoms with Gasteiger partial charge in [0, 0.05) is 0 Å². The molecule has 1 aliphatic heterocycles. The van der Waals surface area contributed by atoms with Gasteiger partial charge in [-0.15, -0.1) is 0 Å². The van der Waals surface area contributed by atoms with E-state index in [1.54, 1.807) is 6.92 Å². The van der Waals surface area contributed by atoms with Crippen LogP contribution >= 0.6 is 0 Å². The van der Waals surface area contributed by atoms with Gasteiger partial charge in [-0.05, 0) is 31.9 Å². The summed E-state index contributed by atoms with van der Waals surface area (Å²) < 4.78 is 64.2. The predicted molar refractivity (Wildman–Crippen MR) is 70.7 cm³/mol. The van der Waals surface area contributed by atoms with Crippen LogP contribution in [0.4, 0.5) is 13.2 Å². The van der Waals surface area contributed by atoms with E-state index in [2.05, 4.69) is 0 Å².